The van der Waals surface area contributed by atoms with Crippen LogP contribution in [0.1, 0.15) is 38.5 Å². The summed E-state index contributed by atoms with van der Waals surface area (Å²) in [5.41, 5.74) is 0. The number of carbonyl (C=O) groups excluding carboxylic acids is 1. The van der Waals surface area contributed by atoms with Crippen LogP contribution >= 0.6 is 11.8 Å². The summed E-state index contributed by atoms with van der Waals surface area (Å²) in [5, 5.41) is 14.0. The molecule has 0 bridgehead atoms. The van der Waals surface area contributed by atoms with Gasteiger partial charge in [-0.2, -0.15) is 11.8 Å². The highest BCUT2D eigenvalue weighted by Crippen LogP contribution is 2.39. The van der Waals surface area contributed by atoms with E-state index in [4.69, 9.17) is 5.11 Å². The Bertz CT molecular complexity index is 291. The van der Waals surface area contributed by atoms with E-state index in [0.717, 1.165) is 12.8 Å². The third-order valence-corrected chi connectivity index (χ3v) is 4.79. The van der Waals surface area contributed by atoms with Crippen molar-refractivity contribution in [2.75, 3.05) is 19.3 Å². The quantitative estimate of drug-likeness (QED) is 0.619. The molecule has 0 atom stereocenters. The van der Waals surface area contributed by atoms with Gasteiger partial charge >= 0.3 is 12.0 Å². The zero-order chi connectivity index (χ0) is 13.4. The molecular weight excluding hydrogens is 252 g/mol. The van der Waals surface area contributed by atoms with Crippen molar-refractivity contribution >= 4 is 23.8 Å². The zero-order valence-corrected chi connectivity index (χ0v) is 11.6. The first-order chi connectivity index (χ1) is 8.58. The molecule has 0 saturated heterocycles. The van der Waals surface area contributed by atoms with Crippen molar-refractivity contribution in [3.63, 3.8) is 0 Å². The summed E-state index contributed by atoms with van der Waals surface area (Å²) >= 11 is 1.83. The molecule has 0 aromatic rings. The molecular formula is C12H22N2O3S. The van der Waals surface area contributed by atoms with Crippen LogP contribution in [-0.2, 0) is 4.79 Å². The number of nitrogens with one attached hydrogen (secondary N) is 2. The standard InChI is InChI=1S/C12H22N2O3S/c1-18-12(6-2-3-7-12)9-14-11(17)13-8-4-5-10(15)16/h2-9H2,1H3,(H,15,16)(H2,13,14,17). The van der Waals surface area contributed by atoms with Gasteiger partial charge in [0.1, 0.15) is 0 Å². The molecule has 1 aliphatic rings. The van der Waals surface area contributed by atoms with Gasteiger partial charge in [-0.05, 0) is 25.5 Å². The van der Waals surface area contributed by atoms with E-state index in [9.17, 15) is 9.59 Å². The van der Waals surface area contributed by atoms with Gasteiger partial charge in [0.25, 0.3) is 0 Å². The minimum Gasteiger partial charge on any atom is -0.481 e. The Kier molecular flexibility index (Phi) is 6.32. The fraction of sp³-hybridized carbons (Fsp3) is 0.833. The second-order valence-electron chi connectivity index (χ2n) is 4.70. The van der Waals surface area contributed by atoms with E-state index in [1.807, 2.05) is 11.8 Å². The lowest BCUT2D eigenvalue weighted by atomic mass is 10.1. The number of carbonyl (C=O) groups is 2. The van der Waals surface area contributed by atoms with Crippen LogP contribution in [0.25, 0.3) is 0 Å². The molecule has 6 heteroatoms. The highest BCUT2D eigenvalue weighted by Gasteiger charge is 2.33. The monoisotopic (exact) mass is 274 g/mol. The maximum Gasteiger partial charge on any atom is 0.314 e. The van der Waals surface area contributed by atoms with Gasteiger partial charge in [-0.1, -0.05) is 12.8 Å². The summed E-state index contributed by atoms with van der Waals surface area (Å²) in [6, 6.07) is -0.194. The smallest absolute Gasteiger partial charge is 0.314 e. The number of amides is 2. The van der Waals surface area contributed by atoms with E-state index in [0.29, 0.717) is 19.5 Å². The van der Waals surface area contributed by atoms with E-state index in [-0.39, 0.29) is 17.2 Å². The number of thioether (sulfide) groups is 1. The van der Waals surface area contributed by atoms with Gasteiger partial charge < -0.3 is 15.7 Å². The highest BCUT2D eigenvalue weighted by molar-refractivity contribution is 8.00. The molecule has 0 aromatic heterocycles. The van der Waals surface area contributed by atoms with Gasteiger partial charge in [0.2, 0.25) is 0 Å². The van der Waals surface area contributed by atoms with Gasteiger partial charge in [-0.15, -0.1) is 0 Å². The summed E-state index contributed by atoms with van der Waals surface area (Å²) in [5.74, 6) is -0.829. The van der Waals surface area contributed by atoms with E-state index in [2.05, 4.69) is 16.9 Å². The number of carboxylic acids is 1. The number of rotatable bonds is 7. The summed E-state index contributed by atoms with van der Waals surface area (Å²) < 4.78 is 0.207. The third-order valence-electron chi connectivity index (χ3n) is 3.37. The minimum atomic E-state index is -0.829. The average molecular weight is 274 g/mol. The van der Waals surface area contributed by atoms with Crippen LogP contribution in [0, 0.1) is 0 Å². The molecule has 3 N–H and O–H groups in total. The first kappa shape index (κ1) is 15.1. The van der Waals surface area contributed by atoms with Crippen LogP contribution in [0.2, 0.25) is 0 Å². The van der Waals surface area contributed by atoms with E-state index < -0.39 is 5.97 Å². The molecule has 5 nitrogen and oxygen atoms in total. The lowest BCUT2D eigenvalue weighted by Gasteiger charge is -2.26. The predicted octanol–water partition coefficient (Wildman–Crippen LogP) is 1.83. The molecule has 0 heterocycles. The SMILES string of the molecule is CSC1(CNC(=O)NCCCC(=O)O)CCCC1. The van der Waals surface area contributed by atoms with Gasteiger partial charge in [-0.25, -0.2) is 4.79 Å². The number of urea groups is 1. The summed E-state index contributed by atoms with van der Waals surface area (Å²) in [4.78, 5) is 21.8. The molecule has 1 aliphatic carbocycles. The van der Waals surface area contributed by atoms with Crippen LogP contribution in [0.4, 0.5) is 4.79 Å². The molecule has 0 radical (unpaired) electrons. The van der Waals surface area contributed by atoms with Crippen molar-refractivity contribution in [1.29, 1.82) is 0 Å². The van der Waals surface area contributed by atoms with Gasteiger partial charge in [0.15, 0.2) is 0 Å². The molecule has 0 aliphatic heterocycles. The Balaban J connectivity index is 2.14. The predicted molar refractivity (Wildman–Crippen MR) is 73.0 cm³/mol. The first-order valence-electron chi connectivity index (χ1n) is 6.37. The number of hydrogen-bond donors (Lipinski definition) is 3. The van der Waals surface area contributed by atoms with Crippen molar-refractivity contribution < 1.29 is 14.7 Å². The van der Waals surface area contributed by atoms with Crippen LogP contribution in [0.15, 0.2) is 0 Å². The Hall–Kier alpha value is -0.910. The van der Waals surface area contributed by atoms with Crippen LogP contribution < -0.4 is 10.6 Å². The lowest BCUT2D eigenvalue weighted by molar-refractivity contribution is -0.137. The topological polar surface area (TPSA) is 78.4 Å². The molecule has 1 rings (SSSR count). The second kappa shape index (κ2) is 7.51. The Labute approximate surface area is 112 Å². The van der Waals surface area contributed by atoms with E-state index >= 15 is 0 Å². The van der Waals surface area contributed by atoms with Crippen molar-refractivity contribution in [3.8, 4) is 0 Å². The fourth-order valence-corrected chi connectivity index (χ4v) is 3.13. The molecule has 18 heavy (non-hydrogen) atoms. The molecule has 1 saturated carbocycles. The molecule has 104 valence electrons. The fourth-order valence-electron chi connectivity index (χ4n) is 2.22. The lowest BCUT2D eigenvalue weighted by Crippen LogP contribution is -2.43. The summed E-state index contributed by atoms with van der Waals surface area (Å²) in [6.45, 7) is 1.10. The second-order valence-corrected chi connectivity index (χ2v) is 5.98. The number of carboxylic acid groups (broad SMARTS) is 1. The first-order valence-corrected chi connectivity index (χ1v) is 7.59. The van der Waals surface area contributed by atoms with Crippen LogP contribution in [-0.4, -0.2) is 41.2 Å². The van der Waals surface area contributed by atoms with Crippen molar-refractivity contribution in [1.82, 2.24) is 10.6 Å². The molecule has 1 fully saturated rings. The van der Waals surface area contributed by atoms with Gasteiger partial charge in [0, 0.05) is 24.3 Å². The van der Waals surface area contributed by atoms with Crippen molar-refractivity contribution in [3.05, 3.63) is 0 Å². The van der Waals surface area contributed by atoms with Gasteiger partial charge in [-0.3, -0.25) is 4.79 Å². The highest BCUT2D eigenvalue weighted by atomic mass is 32.2. The zero-order valence-electron chi connectivity index (χ0n) is 10.8. The maximum absolute atomic E-state index is 11.5. The molecule has 0 aromatic carbocycles. The summed E-state index contributed by atoms with van der Waals surface area (Å²) in [7, 11) is 0. The molecule has 0 unspecified atom stereocenters. The normalized spacial score (nSPS) is 17.4. The third kappa shape index (κ3) is 5.16. The van der Waals surface area contributed by atoms with Crippen LogP contribution in [0.5, 0.6) is 0 Å². The maximum atomic E-state index is 11.5. The number of hydrogen-bond acceptors (Lipinski definition) is 3. The van der Waals surface area contributed by atoms with Crippen molar-refractivity contribution in [2.24, 2.45) is 0 Å². The van der Waals surface area contributed by atoms with E-state index in [1.165, 1.54) is 12.8 Å². The average Bonchev–Trinajstić information content (AvgIpc) is 2.81. The molecule has 2 amide bonds. The largest absolute Gasteiger partial charge is 0.481 e. The number of aliphatic carboxylic acids is 1. The van der Waals surface area contributed by atoms with Crippen LogP contribution in [0.3, 0.4) is 0 Å². The van der Waals surface area contributed by atoms with Gasteiger partial charge in [0.05, 0.1) is 0 Å². The Morgan fingerprint density at radius 3 is 2.50 bits per heavy atom. The summed E-state index contributed by atoms with van der Waals surface area (Å²) in [6.07, 6.45) is 7.45. The Morgan fingerprint density at radius 1 is 1.28 bits per heavy atom. The van der Waals surface area contributed by atoms with Crippen molar-refractivity contribution in [2.45, 2.75) is 43.3 Å². The van der Waals surface area contributed by atoms with E-state index in [1.54, 1.807) is 0 Å². The minimum absolute atomic E-state index is 0.0923. The molecule has 0 spiro atoms. The Morgan fingerprint density at radius 2 is 1.94 bits per heavy atom.